The van der Waals surface area contributed by atoms with E-state index in [1.54, 1.807) is 11.0 Å². The first-order valence-electron chi connectivity index (χ1n) is 9.83. The van der Waals surface area contributed by atoms with Gasteiger partial charge in [0.05, 0.1) is 16.1 Å². The number of halogens is 2. The van der Waals surface area contributed by atoms with Gasteiger partial charge in [-0.3, -0.25) is 9.69 Å². The molecule has 1 unspecified atom stereocenters. The molecule has 156 valence electrons. The highest BCUT2D eigenvalue weighted by Gasteiger charge is 2.36. The molecule has 0 saturated carbocycles. The third-order valence-corrected chi connectivity index (χ3v) is 8.33. The van der Waals surface area contributed by atoms with Crippen LogP contribution in [0.2, 0.25) is 10.0 Å². The van der Waals surface area contributed by atoms with Crippen LogP contribution in [0, 0.1) is 0 Å². The van der Waals surface area contributed by atoms with Crippen LogP contribution in [-0.4, -0.2) is 73.7 Å². The zero-order valence-corrected chi connectivity index (χ0v) is 18.4. The molecule has 0 aromatic heterocycles. The largest absolute Gasteiger partial charge is 0.339 e. The first-order chi connectivity index (χ1) is 13.4. The highest BCUT2D eigenvalue weighted by molar-refractivity contribution is 7.89. The van der Waals surface area contributed by atoms with Crippen LogP contribution in [0.1, 0.15) is 32.6 Å². The van der Waals surface area contributed by atoms with E-state index in [9.17, 15) is 13.2 Å². The van der Waals surface area contributed by atoms with Crippen molar-refractivity contribution in [2.75, 3.05) is 39.3 Å². The van der Waals surface area contributed by atoms with Crippen LogP contribution in [0.4, 0.5) is 0 Å². The molecule has 6 nitrogen and oxygen atoms in total. The Hall–Kier alpha value is -0.860. The Kier molecular flexibility index (Phi) is 7.26. The Morgan fingerprint density at radius 3 is 2.32 bits per heavy atom. The highest BCUT2D eigenvalue weighted by atomic mass is 35.5. The van der Waals surface area contributed by atoms with Gasteiger partial charge in [-0.15, -0.1) is 0 Å². The van der Waals surface area contributed by atoms with Crippen LogP contribution in [-0.2, 0) is 14.8 Å². The van der Waals surface area contributed by atoms with Gasteiger partial charge in [0, 0.05) is 26.2 Å². The number of benzene rings is 1. The highest BCUT2D eigenvalue weighted by Crippen LogP contribution is 2.32. The molecule has 2 aliphatic heterocycles. The number of hydrogen-bond donors (Lipinski definition) is 0. The van der Waals surface area contributed by atoms with Crippen LogP contribution in [0.15, 0.2) is 23.1 Å². The fraction of sp³-hybridized carbons (Fsp3) is 0.632. The summed E-state index contributed by atoms with van der Waals surface area (Å²) in [6.07, 6.45) is 4.10. The Morgan fingerprint density at radius 1 is 1.07 bits per heavy atom. The van der Waals surface area contributed by atoms with E-state index in [4.69, 9.17) is 23.2 Å². The van der Waals surface area contributed by atoms with E-state index in [0.717, 1.165) is 38.8 Å². The maximum Gasteiger partial charge on any atom is 0.246 e. The van der Waals surface area contributed by atoms with Crippen molar-refractivity contribution in [1.82, 2.24) is 14.1 Å². The normalized spacial score (nSPS) is 22.4. The molecule has 2 heterocycles. The topological polar surface area (TPSA) is 60.9 Å². The minimum Gasteiger partial charge on any atom is -0.339 e. The summed E-state index contributed by atoms with van der Waals surface area (Å²) in [6.45, 7) is 5.28. The molecule has 1 amide bonds. The lowest BCUT2D eigenvalue weighted by Gasteiger charge is -2.40. The van der Waals surface area contributed by atoms with Gasteiger partial charge in [0.2, 0.25) is 15.9 Å². The summed E-state index contributed by atoms with van der Waals surface area (Å²) in [5.41, 5.74) is 0. The molecule has 0 bridgehead atoms. The Bertz CT molecular complexity index is 788. The van der Waals surface area contributed by atoms with Crippen molar-refractivity contribution in [3.05, 3.63) is 28.2 Å². The fourth-order valence-corrected chi connectivity index (χ4v) is 6.56. The van der Waals surface area contributed by atoms with Crippen molar-refractivity contribution in [3.63, 3.8) is 0 Å². The van der Waals surface area contributed by atoms with Gasteiger partial charge in [0.15, 0.2) is 0 Å². The zero-order valence-electron chi connectivity index (χ0n) is 16.1. The van der Waals surface area contributed by atoms with E-state index in [0.29, 0.717) is 13.1 Å². The number of amides is 1. The fourth-order valence-electron chi connectivity index (χ4n) is 4.04. The van der Waals surface area contributed by atoms with Gasteiger partial charge in [-0.2, -0.15) is 4.31 Å². The SMILES string of the molecule is CCCN1CCCCC1C(=O)N1CCN(S(=O)(=O)c2c(Cl)cccc2Cl)CC1. The van der Waals surface area contributed by atoms with E-state index in [1.807, 2.05) is 0 Å². The van der Waals surface area contributed by atoms with E-state index >= 15 is 0 Å². The van der Waals surface area contributed by atoms with Crippen LogP contribution >= 0.6 is 23.2 Å². The van der Waals surface area contributed by atoms with Crippen molar-refractivity contribution in [2.45, 2.75) is 43.5 Å². The lowest BCUT2D eigenvalue weighted by atomic mass is 10.0. The van der Waals surface area contributed by atoms with E-state index < -0.39 is 10.0 Å². The molecule has 28 heavy (non-hydrogen) atoms. The number of piperazine rings is 1. The minimum atomic E-state index is -3.80. The van der Waals surface area contributed by atoms with Gasteiger partial charge >= 0.3 is 0 Å². The average molecular weight is 448 g/mol. The molecular formula is C19H27Cl2N3O3S. The first kappa shape index (κ1) is 21.8. The van der Waals surface area contributed by atoms with E-state index in [2.05, 4.69) is 11.8 Å². The number of sulfonamides is 1. The standard InChI is InChI=1S/C19H27Cl2N3O3S/c1-2-9-22-10-4-3-8-17(22)19(25)23-11-13-24(14-12-23)28(26,27)18-15(20)6-5-7-16(18)21/h5-7,17H,2-4,8-14H2,1H3. The average Bonchev–Trinajstić information content (AvgIpc) is 2.68. The summed E-state index contributed by atoms with van der Waals surface area (Å²) in [6, 6.07) is 4.58. The van der Waals surface area contributed by atoms with Crippen LogP contribution < -0.4 is 0 Å². The molecule has 3 rings (SSSR count). The number of nitrogens with zero attached hydrogens (tertiary/aromatic N) is 3. The maximum absolute atomic E-state index is 13.0. The summed E-state index contributed by atoms with van der Waals surface area (Å²) in [4.78, 5) is 17.1. The Morgan fingerprint density at radius 2 is 1.71 bits per heavy atom. The third-order valence-electron chi connectivity index (χ3n) is 5.48. The monoisotopic (exact) mass is 447 g/mol. The van der Waals surface area contributed by atoms with E-state index in [-0.39, 0.29) is 40.0 Å². The Labute approximate surface area is 177 Å². The lowest BCUT2D eigenvalue weighted by Crippen LogP contribution is -2.56. The molecule has 1 aromatic carbocycles. The second-order valence-electron chi connectivity index (χ2n) is 7.33. The van der Waals surface area contributed by atoms with E-state index in [1.165, 1.54) is 16.4 Å². The second kappa shape index (κ2) is 9.30. The molecule has 1 atom stereocenters. The van der Waals surface area contributed by atoms with Crippen molar-refractivity contribution >= 4 is 39.1 Å². The number of piperidine rings is 1. The van der Waals surface area contributed by atoms with Gasteiger partial charge in [0.1, 0.15) is 4.90 Å². The van der Waals surface area contributed by atoms with Crippen molar-refractivity contribution in [2.24, 2.45) is 0 Å². The molecule has 1 aromatic rings. The van der Waals surface area contributed by atoms with Crippen LogP contribution in [0.3, 0.4) is 0 Å². The maximum atomic E-state index is 13.0. The number of carbonyl (C=O) groups is 1. The molecular weight excluding hydrogens is 421 g/mol. The van der Waals surface area contributed by atoms with Gasteiger partial charge in [-0.1, -0.05) is 42.6 Å². The molecule has 2 aliphatic rings. The molecule has 0 spiro atoms. The number of carbonyl (C=O) groups excluding carboxylic acids is 1. The number of rotatable bonds is 5. The predicted molar refractivity (Wildman–Crippen MR) is 111 cm³/mol. The zero-order chi connectivity index (χ0) is 20.3. The lowest BCUT2D eigenvalue weighted by molar-refractivity contribution is -0.139. The van der Waals surface area contributed by atoms with Crippen LogP contribution in [0.5, 0.6) is 0 Å². The smallest absolute Gasteiger partial charge is 0.246 e. The van der Waals surface area contributed by atoms with Crippen LogP contribution in [0.25, 0.3) is 0 Å². The summed E-state index contributed by atoms with van der Waals surface area (Å²) in [5.74, 6) is 0.126. The summed E-state index contributed by atoms with van der Waals surface area (Å²) in [5, 5.41) is 0.229. The predicted octanol–water partition coefficient (Wildman–Crippen LogP) is 3.09. The molecule has 9 heteroatoms. The third kappa shape index (κ3) is 4.49. The summed E-state index contributed by atoms with van der Waals surface area (Å²) >= 11 is 12.2. The summed E-state index contributed by atoms with van der Waals surface area (Å²) in [7, 11) is -3.80. The molecule has 0 N–H and O–H groups in total. The molecule has 2 saturated heterocycles. The quantitative estimate of drug-likeness (QED) is 0.695. The van der Waals surface area contributed by atoms with Crippen molar-refractivity contribution < 1.29 is 13.2 Å². The van der Waals surface area contributed by atoms with Gasteiger partial charge in [-0.05, 0) is 44.5 Å². The molecule has 0 radical (unpaired) electrons. The van der Waals surface area contributed by atoms with Gasteiger partial charge < -0.3 is 4.90 Å². The second-order valence-corrected chi connectivity index (χ2v) is 10.0. The molecule has 2 fully saturated rings. The minimum absolute atomic E-state index is 0.0560. The summed E-state index contributed by atoms with van der Waals surface area (Å²) < 4.78 is 27.3. The molecule has 0 aliphatic carbocycles. The first-order valence-corrected chi connectivity index (χ1v) is 12.0. The van der Waals surface area contributed by atoms with Crippen molar-refractivity contribution in [1.29, 1.82) is 0 Å². The number of hydrogen-bond acceptors (Lipinski definition) is 4. The Balaban J connectivity index is 1.68. The van der Waals surface area contributed by atoms with Crippen molar-refractivity contribution in [3.8, 4) is 0 Å². The van der Waals surface area contributed by atoms with Gasteiger partial charge in [0.25, 0.3) is 0 Å². The number of likely N-dealkylation sites (tertiary alicyclic amines) is 1. The van der Waals surface area contributed by atoms with Gasteiger partial charge in [-0.25, -0.2) is 8.42 Å².